The Morgan fingerprint density at radius 3 is 2.68 bits per heavy atom. The Kier molecular flexibility index (Phi) is 4.67. The topological polar surface area (TPSA) is 64.1 Å². The van der Waals surface area contributed by atoms with Crippen molar-refractivity contribution in [2.24, 2.45) is 7.05 Å². The van der Waals surface area contributed by atoms with Gasteiger partial charge in [0.25, 0.3) is 0 Å². The Labute approximate surface area is 143 Å². The van der Waals surface area contributed by atoms with E-state index in [0.717, 1.165) is 24.2 Å². The minimum absolute atomic E-state index is 0.0993. The average Bonchev–Trinajstić information content (AvgIpc) is 3.13. The quantitative estimate of drug-likeness (QED) is 0.766. The van der Waals surface area contributed by atoms with Gasteiger partial charge in [-0.3, -0.25) is 4.68 Å². The average molecular weight is 347 g/mol. The van der Waals surface area contributed by atoms with Crippen molar-refractivity contribution >= 4 is 0 Å². The Bertz CT molecular complexity index is 900. The van der Waals surface area contributed by atoms with Crippen molar-refractivity contribution < 1.29 is 18.4 Å². The van der Waals surface area contributed by atoms with E-state index in [1.54, 1.807) is 17.9 Å². The van der Waals surface area contributed by atoms with Gasteiger partial charge in [-0.05, 0) is 25.0 Å². The smallest absolute Gasteiger partial charge is 0.141 e. The fourth-order valence-corrected chi connectivity index (χ4v) is 2.84. The van der Waals surface area contributed by atoms with Crippen molar-refractivity contribution in [2.45, 2.75) is 32.8 Å². The van der Waals surface area contributed by atoms with E-state index in [0.29, 0.717) is 23.4 Å². The highest BCUT2D eigenvalue weighted by Gasteiger charge is 2.22. The monoisotopic (exact) mass is 347 g/mol. The molecule has 0 saturated heterocycles. The van der Waals surface area contributed by atoms with E-state index in [1.165, 1.54) is 6.92 Å². The highest BCUT2D eigenvalue weighted by atomic mass is 19.1. The third kappa shape index (κ3) is 3.46. The lowest BCUT2D eigenvalue weighted by Crippen LogP contribution is -2.02. The fraction of sp³-hybridized carbons (Fsp3) is 0.333. The molecule has 0 amide bonds. The Hall–Kier alpha value is -2.54. The molecule has 25 heavy (non-hydrogen) atoms. The first-order chi connectivity index (χ1) is 11.9. The molecule has 0 spiro atoms. The number of hydrogen-bond donors (Lipinski definition) is 1. The highest BCUT2D eigenvalue weighted by Crippen LogP contribution is 2.34. The van der Waals surface area contributed by atoms with Gasteiger partial charge in [0.1, 0.15) is 17.4 Å². The molecule has 3 aromatic rings. The molecule has 1 aromatic carbocycles. The van der Waals surface area contributed by atoms with E-state index < -0.39 is 17.7 Å². The number of aliphatic hydroxyl groups excluding tert-OH is 1. The lowest BCUT2D eigenvalue weighted by molar-refractivity contribution is 0.199. The normalized spacial score (nSPS) is 12.6. The molecule has 1 atom stereocenters. The molecule has 132 valence electrons. The zero-order valence-electron chi connectivity index (χ0n) is 14.3. The van der Waals surface area contributed by atoms with E-state index in [9.17, 15) is 13.9 Å². The van der Waals surface area contributed by atoms with Crippen LogP contribution >= 0.6 is 0 Å². The molecule has 1 unspecified atom stereocenters. The van der Waals surface area contributed by atoms with Gasteiger partial charge in [-0.15, -0.1) is 0 Å². The van der Waals surface area contributed by atoms with Crippen molar-refractivity contribution in [3.05, 3.63) is 58.6 Å². The van der Waals surface area contributed by atoms with Crippen LogP contribution in [0.15, 0.2) is 28.9 Å². The summed E-state index contributed by atoms with van der Waals surface area (Å²) in [5.41, 5.74) is 2.14. The van der Waals surface area contributed by atoms with E-state index in [1.807, 2.05) is 13.0 Å². The molecular formula is C18H19F2N3O2. The van der Waals surface area contributed by atoms with Crippen molar-refractivity contribution in [3.63, 3.8) is 0 Å². The van der Waals surface area contributed by atoms with Gasteiger partial charge in [-0.1, -0.05) is 12.1 Å². The second-order valence-corrected chi connectivity index (χ2v) is 6.02. The van der Waals surface area contributed by atoms with Crippen LogP contribution in [0.5, 0.6) is 0 Å². The third-order valence-electron chi connectivity index (χ3n) is 4.01. The summed E-state index contributed by atoms with van der Waals surface area (Å²) >= 11 is 0. The number of aryl methyl sites for hydroxylation is 2. The maximum Gasteiger partial charge on any atom is 0.141 e. The summed E-state index contributed by atoms with van der Waals surface area (Å²) in [4.78, 5) is 0. The van der Waals surface area contributed by atoms with Crippen LogP contribution in [0.2, 0.25) is 0 Å². The van der Waals surface area contributed by atoms with Crippen LogP contribution in [0.25, 0.3) is 11.3 Å². The van der Waals surface area contributed by atoms with Gasteiger partial charge in [-0.25, -0.2) is 8.78 Å². The first kappa shape index (κ1) is 17.3. The number of halogens is 2. The van der Waals surface area contributed by atoms with Crippen LogP contribution < -0.4 is 0 Å². The van der Waals surface area contributed by atoms with Gasteiger partial charge in [0.15, 0.2) is 0 Å². The predicted molar refractivity (Wildman–Crippen MR) is 87.9 cm³/mol. The van der Waals surface area contributed by atoms with Gasteiger partial charge in [0.2, 0.25) is 0 Å². The Morgan fingerprint density at radius 2 is 2.04 bits per heavy atom. The van der Waals surface area contributed by atoms with Crippen LogP contribution in [-0.2, 0) is 19.9 Å². The van der Waals surface area contributed by atoms with Crippen molar-refractivity contribution in [1.29, 1.82) is 0 Å². The lowest BCUT2D eigenvalue weighted by Gasteiger charge is -2.13. The number of hydrogen-bond acceptors (Lipinski definition) is 4. The summed E-state index contributed by atoms with van der Waals surface area (Å²) in [6.07, 6.45) is 1.83. The molecule has 0 fully saturated rings. The molecular weight excluding hydrogens is 328 g/mol. The largest absolute Gasteiger partial charge is 0.389 e. The molecule has 1 N–H and O–H groups in total. The molecule has 3 rings (SSSR count). The minimum atomic E-state index is -1.04. The van der Waals surface area contributed by atoms with E-state index in [-0.39, 0.29) is 11.1 Å². The number of benzene rings is 1. The lowest BCUT2D eigenvalue weighted by atomic mass is 9.96. The van der Waals surface area contributed by atoms with E-state index in [2.05, 4.69) is 10.3 Å². The Morgan fingerprint density at radius 1 is 1.28 bits per heavy atom. The van der Waals surface area contributed by atoms with Crippen molar-refractivity contribution in [3.8, 4) is 11.3 Å². The summed E-state index contributed by atoms with van der Waals surface area (Å²) in [7, 11) is 1.72. The van der Waals surface area contributed by atoms with Crippen LogP contribution in [0.1, 0.15) is 42.5 Å². The van der Waals surface area contributed by atoms with Crippen molar-refractivity contribution in [2.75, 3.05) is 0 Å². The number of aromatic nitrogens is 3. The standard InChI is InChI=1S/C18H19F2N3O2/c1-4-13-8-14(25-22-13)5-11-9-23(3)21-18(11)17-15(10(2)24)6-12(19)7-16(17)20/h6-10,24H,4-5H2,1-3H3. The fourth-order valence-electron chi connectivity index (χ4n) is 2.84. The van der Waals surface area contributed by atoms with Crippen LogP contribution in [0.4, 0.5) is 8.78 Å². The summed E-state index contributed by atoms with van der Waals surface area (Å²) < 4.78 is 34.9. The first-order valence-corrected chi connectivity index (χ1v) is 8.03. The van der Waals surface area contributed by atoms with Gasteiger partial charge in [-0.2, -0.15) is 5.10 Å². The maximum absolute atomic E-state index is 14.5. The summed E-state index contributed by atoms with van der Waals surface area (Å²) in [5.74, 6) is -0.868. The number of aliphatic hydroxyl groups is 1. The molecule has 2 heterocycles. The molecule has 2 aromatic heterocycles. The summed E-state index contributed by atoms with van der Waals surface area (Å²) in [6, 6.07) is 3.77. The van der Waals surface area contributed by atoms with Gasteiger partial charge < -0.3 is 9.63 Å². The molecule has 7 heteroatoms. The first-order valence-electron chi connectivity index (χ1n) is 8.03. The minimum Gasteiger partial charge on any atom is -0.389 e. The SMILES string of the molecule is CCc1cc(Cc2cn(C)nc2-c2c(F)cc(F)cc2C(C)O)on1. The highest BCUT2D eigenvalue weighted by molar-refractivity contribution is 5.68. The second-order valence-electron chi connectivity index (χ2n) is 6.02. The summed E-state index contributed by atoms with van der Waals surface area (Å²) in [5, 5.41) is 18.2. The van der Waals surface area contributed by atoms with E-state index in [4.69, 9.17) is 4.52 Å². The van der Waals surface area contributed by atoms with Crippen LogP contribution in [0, 0.1) is 11.6 Å². The molecule has 5 nitrogen and oxygen atoms in total. The predicted octanol–water partition coefficient (Wildman–Crippen LogP) is 3.56. The molecule has 0 aliphatic rings. The zero-order chi connectivity index (χ0) is 18.1. The molecule has 0 aliphatic carbocycles. The third-order valence-corrected chi connectivity index (χ3v) is 4.01. The van der Waals surface area contributed by atoms with E-state index >= 15 is 0 Å². The number of rotatable bonds is 5. The molecule has 0 aliphatic heterocycles. The van der Waals surface area contributed by atoms with Gasteiger partial charge >= 0.3 is 0 Å². The maximum atomic E-state index is 14.5. The van der Waals surface area contributed by atoms with Gasteiger partial charge in [0.05, 0.1) is 17.5 Å². The molecule has 0 saturated carbocycles. The second kappa shape index (κ2) is 6.76. The van der Waals surface area contributed by atoms with Gasteiger partial charge in [0, 0.05) is 42.9 Å². The van der Waals surface area contributed by atoms with Crippen molar-refractivity contribution in [1.82, 2.24) is 14.9 Å². The summed E-state index contributed by atoms with van der Waals surface area (Å²) in [6.45, 7) is 3.43. The van der Waals surface area contributed by atoms with Crippen LogP contribution in [-0.4, -0.2) is 20.0 Å². The molecule has 0 bridgehead atoms. The Balaban J connectivity index is 2.10. The molecule has 0 radical (unpaired) electrons. The zero-order valence-corrected chi connectivity index (χ0v) is 14.3. The van der Waals surface area contributed by atoms with Crippen LogP contribution in [0.3, 0.4) is 0 Å². The number of nitrogens with zero attached hydrogens (tertiary/aromatic N) is 3.